The number of nitrogens with one attached hydrogen (secondary N) is 2. The third-order valence-electron chi connectivity index (χ3n) is 4.82. The molecule has 1 unspecified atom stereocenters. The molecule has 156 valence electrons. The maximum atomic E-state index is 12.9. The molecule has 5 nitrogen and oxygen atoms in total. The Kier molecular flexibility index (Phi) is 7.57. The van der Waals surface area contributed by atoms with E-state index in [-0.39, 0.29) is 23.1 Å². The summed E-state index contributed by atoms with van der Waals surface area (Å²) in [4.78, 5) is 25.6. The van der Waals surface area contributed by atoms with E-state index in [1.807, 2.05) is 50.2 Å². The molecule has 2 rings (SSSR count). The summed E-state index contributed by atoms with van der Waals surface area (Å²) >= 11 is 0. The number of para-hydroxylation sites is 1. The second-order valence-electron chi connectivity index (χ2n) is 8.60. The van der Waals surface area contributed by atoms with Gasteiger partial charge in [-0.1, -0.05) is 65.0 Å². The standard InChI is InChI=1S/C24H32N2O3/c1-16(2)21(23(28)25-20-10-8-7-9-18(20)15-29-6)26-22(27)17-11-13-19(14-12-17)24(3,4)5/h7-14,16,21H,15H2,1-6H3,(H,25,28)(H,26,27). The lowest BCUT2D eigenvalue weighted by molar-refractivity contribution is -0.118. The van der Waals surface area contributed by atoms with E-state index in [1.165, 1.54) is 0 Å². The van der Waals surface area contributed by atoms with Crippen molar-refractivity contribution in [2.24, 2.45) is 5.92 Å². The molecule has 0 fully saturated rings. The van der Waals surface area contributed by atoms with Gasteiger partial charge in [-0.15, -0.1) is 0 Å². The Morgan fingerprint density at radius 1 is 1.00 bits per heavy atom. The fourth-order valence-corrected chi connectivity index (χ4v) is 3.02. The summed E-state index contributed by atoms with van der Waals surface area (Å²) in [5.41, 5.74) is 3.28. The summed E-state index contributed by atoms with van der Waals surface area (Å²) in [6.45, 7) is 10.6. The molecule has 0 radical (unpaired) electrons. The molecule has 5 heteroatoms. The summed E-state index contributed by atoms with van der Waals surface area (Å²) in [6.07, 6.45) is 0. The number of rotatable bonds is 7. The van der Waals surface area contributed by atoms with Crippen molar-refractivity contribution in [3.8, 4) is 0 Å². The molecule has 0 saturated carbocycles. The largest absolute Gasteiger partial charge is 0.380 e. The van der Waals surface area contributed by atoms with Gasteiger partial charge in [0.05, 0.1) is 6.61 Å². The van der Waals surface area contributed by atoms with Crippen LogP contribution in [-0.2, 0) is 21.6 Å². The molecular formula is C24H32N2O3. The van der Waals surface area contributed by atoms with Crippen LogP contribution in [0.2, 0.25) is 0 Å². The molecule has 2 amide bonds. The van der Waals surface area contributed by atoms with E-state index in [0.29, 0.717) is 17.9 Å². The highest BCUT2D eigenvalue weighted by Crippen LogP contribution is 2.22. The van der Waals surface area contributed by atoms with Gasteiger partial charge in [0.2, 0.25) is 5.91 Å². The van der Waals surface area contributed by atoms with Crippen molar-refractivity contribution < 1.29 is 14.3 Å². The molecule has 0 heterocycles. The second-order valence-corrected chi connectivity index (χ2v) is 8.60. The first-order chi connectivity index (χ1) is 13.6. The first-order valence-corrected chi connectivity index (χ1v) is 9.92. The van der Waals surface area contributed by atoms with Gasteiger partial charge < -0.3 is 15.4 Å². The van der Waals surface area contributed by atoms with Crippen LogP contribution < -0.4 is 10.6 Å². The molecule has 0 aliphatic rings. The fraction of sp³-hybridized carbons (Fsp3) is 0.417. The summed E-state index contributed by atoms with van der Waals surface area (Å²) in [5.74, 6) is -0.574. The summed E-state index contributed by atoms with van der Waals surface area (Å²) in [7, 11) is 1.61. The highest BCUT2D eigenvalue weighted by Gasteiger charge is 2.25. The van der Waals surface area contributed by atoms with Crippen LogP contribution in [0, 0.1) is 5.92 Å². The average molecular weight is 397 g/mol. The van der Waals surface area contributed by atoms with Gasteiger partial charge in [-0.05, 0) is 35.1 Å². The Bertz CT molecular complexity index is 836. The predicted octanol–water partition coefficient (Wildman–Crippen LogP) is 4.52. The molecule has 0 saturated heterocycles. The van der Waals surface area contributed by atoms with Crippen molar-refractivity contribution in [3.63, 3.8) is 0 Å². The minimum atomic E-state index is -0.652. The van der Waals surface area contributed by atoms with Gasteiger partial charge in [0.15, 0.2) is 0 Å². The molecule has 0 aliphatic heterocycles. The molecule has 2 aromatic carbocycles. The van der Waals surface area contributed by atoms with Gasteiger partial charge in [0, 0.05) is 23.9 Å². The lowest BCUT2D eigenvalue weighted by Crippen LogP contribution is -2.47. The van der Waals surface area contributed by atoms with Crippen LogP contribution >= 0.6 is 0 Å². The van der Waals surface area contributed by atoms with Crippen molar-refractivity contribution in [2.75, 3.05) is 12.4 Å². The fourth-order valence-electron chi connectivity index (χ4n) is 3.02. The number of carbonyl (C=O) groups excluding carboxylic acids is 2. The van der Waals surface area contributed by atoms with E-state index in [4.69, 9.17) is 4.74 Å². The van der Waals surface area contributed by atoms with E-state index in [0.717, 1.165) is 11.1 Å². The third-order valence-corrected chi connectivity index (χ3v) is 4.82. The van der Waals surface area contributed by atoms with Crippen LogP contribution in [0.5, 0.6) is 0 Å². The maximum absolute atomic E-state index is 12.9. The number of ether oxygens (including phenoxy) is 1. The molecule has 2 aromatic rings. The number of anilines is 1. The highest BCUT2D eigenvalue weighted by molar-refractivity contribution is 6.01. The third kappa shape index (κ3) is 6.16. The number of amides is 2. The number of hydrogen-bond acceptors (Lipinski definition) is 3. The van der Waals surface area contributed by atoms with Crippen molar-refractivity contribution in [1.82, 2.24) is 5.32 Å². The van der Waals surface area contributed by atoms with Crippen LogP contribution in [-0.4, -0.2) is 25.0 Å². The van der Waals surface area contributed by atoms with E-state index >= 15 is 0 Å². The first kappa shape index (κ1) is 22.6. The topological polar surface area (TPSA) is 67.4 Å². The number of hydrogen-bond donors (Lipinski definition) is 2. The van der Waals surface area contributed by atoms with Gasteiger partial charge in [-0.2, -0.15) is 0 Å². The maximum Gasteiger partial charge on any atom is 0.251 e. The lowest BCUT2D eigenvalue weighted by atomic mass is 9.86. The smallest absolute Gasteiger partial charge is 0.251 e. The van der Waals surface area contributed by atoms with Gasteiger partial charge in [-0.25, -0.2) is 0 Å². The van der Waals surface area contributed by atoms with E-state index in [2.05, 4.69) is 31.4 Å². The van der Waals surface area contributed by atoms with Crippen molar-refractivity contribution >= 4 is 17.5 Å². The Morgan fingerprint density at radius 2 is 1.62 bits per heavy atom. The van der Waals surface area contributed by atoms with E-state index < -0.39 is 6.04 Å². The minimum absolute atomic E-state index is 0.0188. The number of methoxy groups -OCH3 is 1. The molecule has 29 heavy (non-hydrogen) atoms. The molecule has 0 aromatic heterocycles. The highest BCUT2D eigenvalue weighted by atomic mass is 16.5. The monoisotopic (exact) mass is 396 g/mol. The normalized spacial score (nSPS) is 12.5. The van der Waals surface area contributed by atoms with Gasteiger partial charge in [-0.3, -0.25) is 9.59 Å². The zero-order valence-electron chi connectivity index (χ0n) is 18.2. The summed E-state index contributed by atoms with van der Waals surface area (Å²) in [6, 6.07) is 14.4. The second kappa shape index (κ2) is 9.70. The Labute approximate surface area is 173 Å². The van der Waals surface area contributed by atoms with Crippen molar-refractivity contribution in [3.05, 3.63) is 65.2 Å². The van der Waals surface area contributed by atoms with Gasteiger partial charge >= 0.3 is 0 Å². The number of carbonyl (C=O) groups is 2. The predicted molar refractivity (Wildman–Crippen MR) is 117 cm³/mol. The van der Waals surface area contributed by atoms with E-state index in [1.54, 1.807) is 19.2 Å². The first-order valence-electron chi connectivity index (χ1n) is 9.92. The summed E-state index contributed by atoms with van der Waals surface area (Å²) < 4.78 is 5.19. The molecule has 0 spiro atoms. The van der Waals surface area contributed by atoms with Crippen LogP contribution in [0.3, 0.4) is 0 Å². The average Bonchev–Trinajstić information content (AvgIpc) is 2.66. The Morgan fingerprint density at radius 3 is 2.17 bits per heavy atom. The van der Waals surface area contributed by atoms with Crippen LogP contribution in [0.1, 0.15) is 56.1 Å². The van der Waals surface area contributed by atoms with Crippen LogP contribution in [0.25, 0.3) is 0 Å². The van der Waals surface area contributed by atoms with Crippen molar-refractivity contribution in [1.29, 1.82) is 0 Å². The molecule has 0 bridgehead atoms. The Hall–Kier alpha value is -2.66. The zero-order chi connectivity index (χ0) is 21.6. The van der Waals surface area contributed by atoms with E-state index in [9.17, 15) is 9.59 Å². The quantitative estimate of drug-likeness (QED) is 0.723. The molecule has 1 atom stereocenters. The lowest BCUT2D eigenvalue weighted by Gasteiger charge is -2.23. The molecular weight excluding hydrogens is 364 g/mol. The van der Waals surface area contributed by atoms with Gasteiger partial charge in [0.25, 0.3) is 5.91 Å². The zero-order valence-corrected chi connectivity index (χ0v) is 18.2. The van der Waals surface area contributed by atoms with Gasteiger partial charge in [0.1, 0.15) is 6.04 Å². The van der Waals surface area contributed by atoms with Crippen LogP contribution in [0.15, 0.2) is 48.5 Å². The molecule has 0 aliphatic carbocycles. The minimum Gasteiger partial charge on any atom is -0.380 e. The Balaban J connectivity index is 2.13. The number of benzene rings is 2. The molecule has 2 N–H and O–H groups in total. The SMILES string of the molecule is COCc1ccccc1NC(=O)C(NC(=O)c1ccc(C(C)(C)C)cc1)C(C)C. The van der Waals surface area contributed by atoms with Crippen molar-refractivity contribution in [2.45, 2.75) is 52.7 Å². The van der Waals surface area contributed by atoms with Crippen LogP contribution in [0.4, 0.5) is 5.69 Å². The summed E-state index contributed by atoms with van der Waals surface area (Å²) in [5, 5.41) is 5.81.